The first-order valence-corrected chi connectivity index (χ1v) is 12.7. The highest BCUT2D eigenvalue weighted by atomic mass is 32.2. The quantitative estimate of drug-likeness (QED) is 0.426. The van der Waals surface area contributed by atoms with E-state index in [0.717, 1.165) is 4.88 Å². The molecule has 0 unspecified atom stereocenters. The molecule has 0 aromatic carbocycles. The molecule has 3 heterocycles. The molecule has 2 aliphatic rings. The monoisotopic (exact) mass is 489 g/mol. The maximum Gasteiger partial charge on any atom is 0.414 e. The van der Waals surface area contributed by atoms with Crippen molar-refractivity contribution in [2.45, 2.75) is 12.8 Å². The molecule has 0 bridgehead atoms. The summed E-state index contributed by atoms with van der Waals surface area (Å²) in [7, 11) is -3.17. The lowest BCUT2D eigenvalue weighted by atomic mass is 9.96. The van der Waals surface area contributed by atoms with Crippen molar-refractivity contribution in [3.63, 3.8) is 0 Å². The largest absolute Gasteiger partial charge is 0.473 e. The highest BCUT2D eigenvalue weighted by molar-refractivity contribution is 7.88. The molecule has 0 atom stereocenters. The number of aliphatic carboxylic acids is 2. The maximum atomic E-state index is 12.7. The van der Waals surface area contributed by atoms with Crippen molar-refractivity contribution in [2.24, 2.45) is 5.92 Å². The first-order chi connectivity index (χ1) is 15.0. The Kier molecular flexibility index (Phi) is 9.31. The molecular formula is C19H27N3O8S2. The number of piperidine rings is 1. The number of carbonyl (C=O) groups is 4. The number of nitrogens with zero attached hydrogens (tertiary/aromatic N) is 3. The second-order valence-corrected chi connectivity index (χ2v) is 10.5. The highest BCUT2D eigenvalue weighted by Gasteiger charge is 2.32. The van der Waals surface area contributed by atoms with Crippen LogP contribution < -0.4 is 0 Å². The van der Waals surface area contributed by atoms with Crippen molar-refractivity contribution in [1.82, 2.24) is 14.1 Å². The van der Waals surface area contributed by atoms with E-state index in [2.05, 4.69) is 4.90 Å². The second-order valence-electron chi connectivity index (χ2n) is 7.55. The minimum Gasteiger partial charge on any atom is -0.473 e. The molecule has 1 amide bonds. The summed E-state index contributed by atoms with van der Waals surface area (Å²) >= 11 is 1.46. The number of amides is 1. The average molecular weight is 490 g/mol. The van der Waals surface area contributed by atoms with Crippen LogP contribution in [0.1, 0.15) is 22.5 Å². The number of sulfonamides is 1. The van der Waals surface area contributed by atoms with E-state index in [-0.39, 0.29) is 17.6 Å². The number of carboxylic acid groups (broad SMARTS) is 2. The van der Waals surface area contributed by atoms with Gasteiger partial charge in [-0.05, 0) is 24.3 Å². The van der Waals surface area contributed by atoms with Gasteiger partial charge >= 0.3 is 11.9 Å². The third-order valence-corrected chi connectivity index (χ3v) is 7.52. The number of piperazine rings is 1. The molecule has 0 saturated carbocycles. The molecule has 0 aliphatic carbocycles. The third-order valence-electron chi connectivity index (χ3n) is 5.30. The van der Waals surface area contributed by atoms with Crippen LogP contribution in [0.25, 0.3) is 0 Å². The van der Waals surface area contributed by atoms with Crippen LogP contribution in [0.15, 0.2) is 17.5 Å². The SMILES string of the molecule is CS(=O)(=O)N1CCC(C(=O)N2CCN(CC(=O)c3cccs3)CC2)CC1.O=C(O)C(=O)O. The minimum absolute atomic E-state index is 0.0905. The standard InChI is InChI=1S/C17H25N3O4S2.C2H2O4/c1-26(23,24)20-6-4-14(5-7-20)17(22)19-10-8-18(9-11-19)13-15(21)16-3-2-12-25-16;3-1(4)2(5)6/h2-3,12,14H,4-11,13H2,1H3;(H,3,4)(H,5,6). The van der Waals surface area contributed by atoms with Gasteiger partial charge in [-0.15, -0.1) is 11.3 Å². The lowest BCUT2D eigenvalue weighted by Gasteiger charge is -2.38. The number of rotatable bonds is 5. The van der Waals surface area contributed by atoms with Crippen molar-refractivity contribution in [1.29, 1.82) is 0 Å². The van der Waals surface area contributed by atoms with Gasteiger partial charge in [0.15, 0.2) is 5.78 Å². The summed E-state index contributed by atoms with van der Waals surface area (Å²) in [5.41, 5.74) is 0. The summed E-state index contributed by atoms with van der Waals surface area (Å²) < 4.78 is 24.6. The van der Waals surface area contributed by atoms with Crippen LogP contribution in [-0.2, 0) is 24.4 Å². The fourth-order valence-electron chi connectivity index (χ4n) is 3.54. The van der Waals surface area contributed by atoms with Crippen LogP contribution >= 0.6 is 11.3 Å². The zero-order chi connectivity index (χ0) is 23.9. The Bertz CT molecular complexity index is 904. The van der Waals surface area contributed by atoms with Gasteiger partial charge in [-0.1, -0.05) is 6.07 Å². The third kappa shape index (κ3) is 7.65. The van der Waals surface area contributed by atoms with E-state index in [1.54, 1.807) is 0 Å². The van der Waals surface area contributed by atoms with Crippen LogP contribution in [0.4, 0.5) is 0 Å². The molecule has 2 N–H and O–H groups in total. The molecular weight excluding hydrogens is 462 g/mol. The Labute approximate surface area is 190 Å². The molecule has 1 aromatic heterocycles. The normalized spacial score (nSPS) is 18.5. The Morgan fingerprint density at radius 3 is 2.00 bits per heavy atom. The van der Waals surface area contributed by atoms with E-state index in [1.807, 2.05) is 22.4 Å². The van der Waals surface area contributed by atoms with E-state index >= 15 is 0 Å². The van der Waals surface area contributed by atoms with Gasteiger partial charge in [0, 0.05) is 45.2 Å². The van der Waals surface area contributed by atoms with Gasteiger partial charge in [-0.2, -0.15) is 0 Å². The number of thiophene rings is 1. The molecule has 1 aromatic rings. The van der Waals surface area contributed by atoms with Crippen molar-refractivity contribution < 1.29 is 37.8 Å². The summed E-state index contributed by atoms with van der Waals surface area (Å²) in [5.74, 6) is -3.48. The van der Waals surface area contributed by atoms with Crippen molar-refractivity contribution in [3.8, 4) is 0 Å². The number of ketones is 1. The number of carboxylic acids is 2. The molecule has 0 spiro atoms. The van der Waals surface area contributed by atoms with E-state index in [0.29, 0.717) is 58.7 Å². The fourth-order valence-corrected chi connectivity index (χ4v) is 5.07. The molecule has 0 radical (unpaired) electrons. The van der Waals surface area contributed by atoms with Gasteiger partial charge in [0.2, 0.25) is 15.9 Å². The highest BCUT2D eigenvalue weighted by Crippen LogP contribution is 2.22. The molecule has 13 heteroatoms. The van der Waals surface area contributed by atoms with Crippen molar-refractivity contribution in [2.75, 3.05) is 52.1 Å². The fraction of sp³-hybridized carbons (Fsp3) is 0.579. The van der Waals surface area contributed by atoms with E-state index in [4.69, 9.17) is 19.8 Å². The van der Waals surface area contributed by atoms with Gasteiger partial charge in [0.1, 0.15) is 0 Å². The summed E-state index contributed by atoms with van der Waals surface area (Å²) in [4.78, 5) is 47.8. The van der Waals surface area contributed by atoms with Gasteiger partial charge in [0.05, 0.1) is 17.7 Å². The maximum absolute atomic E-state index is 12.7. The number of hydrogen-bond donors (Lipinski definition) is 2. The molecule has 32 heavy (non-hydrogen) atoms. The van der Waals surface area contributed by atoms with Crippen LogP contribution in [-0.4, -0.2) is 108 Å². The van der Waals surface area contributed by atoms with Gasteiger partial charge in [-0.3, -0.25) is 14.5 Å². The van der Waals surface area contributed by atoms with Crippen LogP contribution in [0.2, 0.25) is 0 Å². The first-order valence-electron chi connectivity index (χ1n) is 9.98. The molecule has 2 aliphatic heterocycles. The number of Topliss-reactive ketones (excluding diaryl/α,β-unsaturated/α-hetero) is 1. The molecule has 3 rings (SSSR count). The number of hydrogen-bond acceptors (Lipinski definition) is 8. The molecule has 2 saturated heterocycles. The van der Waals surface area contributed by atoms with Crippen LogP contribution in [0.3, 0.4) is 0 Å². The predicted octanol–water partition coefficient (Wildman–Crippen LogP) is -0.0978. The Morgan fingerprint density at radius 2 is 1.56 bits per heavy atom. The molecule has 178 valence electrons. The number of carbonyl (C=O) groups excluding carboxylic acids is 2. The average Bonchev–Trinajstić information content (AvgIpc) is 3.29. The Balaban J connectivity index is 0.000000534. The van der Waals surface area contributed by atoms with E-state index < -0.39 is 22.0 Å². The van der Waals surface area contributed by atoms with Crippen molar-refractivity contribution in [3.05, 3.63) is 22.4 Å². The lowest BCUT2D eigenvalue weighted by Crippen LogP contribution is -2.52. The zero-order valence-corrected chi connectivity index (χ0v) is 19.3. The van der Waals surface area contributed by atoms with Gasteiger partial charge in [-0.25, -0.2) is 22.3 Å². The van der Waals surface area contributed by atoms with Crippen LogP contribution in [0, 0.1) is 5.92 Å². The topological polar surface area (TPSA) is 153 Å². The van der Waals surface area contributed by atoms with Crippen LogP contribution in [0.5, 0.6) is 0 Å². The summed E-state index contributed by atoms with van der Waals surface area (Å²) in [6.07, 6.45) is 2.39. The summed E-state index contributed by atoms with van der Waals surface area (Å²) in [6, 6.07) is 3.72. The van der Waals surface area contributed by atoms with E-state index in [1.165, 1.54) is 21.9 Å². The molecule has 2 fully saturated rings. The summed E-state index contributed by atoms with van der Waals surface area (Å²) in [5, 5.41) is 16.7. The Hall–Kier alpha value is -2.35. The predicted molar refractivity (Wildman–Crippen MR) is 116 cm³/mol. The van der Waals surface area contributed by atoms with Gasteiger partial charge in [0.25, 0.3) is 0 Å². The Morgan fingerprint density at radius 1 is 1.00 bits per heavy atom. The van der Waals surface area contributed by atoms with Gasteiger partial charge < -0.3 is 15.1 Å². The minimum atomic E-state index is -3.17. The first kappa shape index (κ1) is 25.9. The zero-order valence-electron chi connectivity index (χ0n) is 17.7. The molecule has 11 nitrogen and oxygen atoms in total. The second kappa shape index (κ2) is 11.5. The van der Waals surface area contributed by atoms with Crippen molar-refractivity contribution >= 4 is 45.0 Å². The summed E-state index contributed by atoms with van der Waals surface area (Å²) in [6.45, 7) is 3.89. The van der Waals surface area contributed by atoms with E-state index in [9.17, 15) is 18.0 Å². The lowest BCUT2D eigenvalue weighted by molar-refractivity contribution is -0.159. The smallest absolute Gasteiger partial charge is 0.414 e.